The molecule has 1 aromatic rings. The molecule has 1 aromatic heterocycles. The van der Waals surface area contributed by atoms with E-state index in [0.29, 0.717) is 19.4 Å². The number of hydroxylamine groups is 2. The largest absolute Gasteiger partial charge is 0.444 e. The summed E-state index contributed by atoms with van der Waals surface area (Å²) < 4.78 is 16.3. The number of piperidine rings is 1. The fraction of sp³-hybridized carbons (Fsp3) is 0.750. The van der Waals surface area contributed by atoms with Crippen molar-refractivity contribution in [2.24, 2.45) is 0 Å². The van der Waals surface area contributed by atoms with E-state index in [9.17, 15) is 19.6 Å². The highest BCUT2D eigenvalue weighted by molar-refractivity contribution is 5.76. The zero-order valence-corrected chi connectivity index (χ0v) is 19.7. The molecule has 2 bridgehead atoms. The first-order valence-corrected chi connectivity index (χ1v) is 10.8. The van der Waals surface area contributed by atoms with Gasteiger partial charge in [-0.05, 0) is 54.4 Å². The van der Waals surface area contributed by atoms with E-state index in [4.69, 9.17) is 13.9 Å². The molecule has 2 saturated heterocycles. The summed E-state index contributed by atoms with van der Waals surface area (Å²) in [6, 6.07) is -2.17. The molecule has 184 valence electrons. The van der Waals surface area contributed by atoms with Gasteiger partial charge in [0.1, 0.15) is 23.3 Å². The summed E-state index contributed by atoms with van der Waals surface area (Å²) in [5.41, 5.74) is -1.43. The Bertz CT molecular complexity index is 890. The predicted molar refractivity (Wildman–Crippen MR) is 112 cm³/mol. The van der Waals surface area contributed by atoms with E-state index in [1.807, 2.05) is 0 Å². The Hall–Kier alpha value is -3.09. The van der Waals surface area contributed by atoms with Gasteiger partial charge < -0.3 is 29.4 Å². The molecule has 2 aliphatic heterocycles. The van der Waals surface area contributed by atoms with Crippen LogP contribution in [0.5, 0.6) is 0 Å². The number of carbonyl (C=O) groups is 3. The van der Waals surface area contributed by atoms with Gasteiger partial charge in [0.05, 0.1) is 12.6 Å². The van der Waals surface area contributed by atoms with Crippen molar-refractivity contribution >= 4 is 18.2 Å². The smallest absolute Gasteiger partial charge is 0.408 e. The highest BCUT2D eigenvalue weighted by Gasteiger charge is 2.46. The Morgan fingerprint density at radius 1 is 1.12 bits per heavy atom. The minimum Gasteiger partial charge on any atom is -0.444 e. The molecule has 13 heteroatoms. The molecule has 2 aliphatic rings. The van der Waals surface area contributed by atoms with Gasteiger partial charge in [-0.1, -0.05) is 0 Å². The summed E-state index contributed by atoms with van der Waals surface area (Å²) in [5.74, 6) is 0.210. The first-order chi connectivity index (χ1) is 15.2. The Labute approximate surface area is 191 Å². The predicted octanol–water partition coefficient (Wildman–Crippen LogP) is 2.49. The second-order valence-corrected chi connectivity index (χ2v) is 10.1. The number of hydrogen-bond donors (Lipinski definition) is 3. The molecule has 3 N–H and O–H groups in total. The van der Waals surface area contributed by atoms with Crippen LogP contribution in [0.4, 0.5) is 14.4 Å². The van der Waals surface area contributed by atoms with Crippen LogP contribution in [-0.4, -0.2) is 73.9 Å². The summed E-state index contributed by atoms with van der Waals surface area (Å²) >= 11 is 0. The first kappa shape index (κ1) is 24.6. The number of aromatic nitrogens is 2. The summed E-state index contributed by atoms with van der Waals surface area (Å²) in [6.45, 7) is 10.6. The maximum Gasteiger partial charge on any atom is 0.408 e. The third kappa shape index (κ3) is 6.24. The second kappa shape index (κ2) is 9.04. The molecule has 13 nitrogen and oxygen atoms in total. The zero-order chi connectivity index (χ0) is 24.6. The van der Waals surface area contributed by atoms with Gasteiger partial charge in [-0.25, -0.2) is 19.4 Å². The number of fused-ring (bicyclic) bond motifs is 2. The summed E-state index contributed by atoms with van der Waals surface area (Å²) in [6.07, 6.45) is -0.289. The van der Waals surface area contributed by atoms with E-state index in [0.717, 1.165) is 5.06 Å². The number of nitrogens with one attached hydrogen (secondary N) is 2. The van der Waals surface area contributed by atoms with Crippen molar-refractivity contribution in [1.82, 2.24) is 30.8 Å². The molecule has 0 aliphatic carbocycles. The lowest BCUT2D eigenvalue weighted by Gasteiger charge is -2.27. The number of alkyl carbamates (subject to hydrolysis) is 2. The molecule has 0 spiro atoms. The van der Waals surface area contributed by atoms with Gasteiger partial charge in [-0.2, -0.15) is 0 Å². The first-order valence-electron chi connectivity index (χ1n) is 10.8. The summed E-state index contributed by atoms with van der Waals surface area (Å²) in [4.78, 5) is 38.2. The van der Waals surface area contributed by atoms with Crippen molar-refractivity contribution in [2.75, 3.05) is 13.1 Å². The van der Waals surface area contributed by atoms with Crippen molar-refractivity contribution < 1.29 is 33.5 Å². The van der Waals surface area contributed by atoms with Crippen LogP contribution in [0, 0.1) is 0 Å². The van der Waals surface area contributed by atoms with E-state index in [1.165, 1.54) is 4.90 Å². The summed E-state index contributed by atoms with van der Waals surface area (Å²) in [5, 5.41) is 23.9. The van der Waals surface area contributed by atoms with Crippen LogP contribution in [0.1, 0.15) is 78.2 Å². The standard InChI is InChI=1S/C20H32N6O7/c1-19(2,3)32-16(27)21-9-12(22-17(28)33-20(4,5)6)14-23-24-15(31-14)13-8-7-11-10-25(13)18(29)26(11)30/h11-13,30H,7-10H2,1-6H3,(H,21,27)(H,22,28)/t11-,12?,13+/m1/s1. The van der Waals surface area contributed by atoms with Crippen LogP contribution < -0.4 is 10.6 Å². The monoisotopic (exact) mass is 468 g/mol. The quantitative estimate of drug-likeness (QED) is 0.552. The number of hydrogen-bond acceptors (Lipinski definition) is 9. The minimum absolute atomic E-state index is 0.0292. The van der Waals surface area contributed by atoms with Crippen molar-refractivity contribution in [2.45, 2.75) is 83.7 Å². The number of amides is 4. The maximum absolute atomic E-state index is 12.4. The van der Waals surface area contributed by atoms with Crippen LogP contribution in [0.3, 0.4) is 0 Å². The minimum atomic E-state index is -0.909. The zero-order valence-electron chi connectivity index (χ0n) is 19.7. The second-order valence-electron chi connectivity index (χ2n) is 10.1. The third-order valence-corrected chi connectivity index (χ3v) is 4.92. The average Bonchev–Trinajstić information content (AvgIpc) is 3.23. The van der Waals surface area contributed by atoms with Gasteiger partial charge >= 0.3 is 18.2 Å². The molecule has 4 amide bonds. The van der Waals surface area contributed by atoms with Crippen molar-refractivity contribution in [1.29, 1.82) is 0 Å². The number of carbonyl (C=O) groups excluding carboxylic acids is 3. The lowest BCUT2D eigenvalue weighted by Crippen LogP contribution is -2.42. The van der Waals surface area contributed by atoms with Gasteiger partial charge in [-0.15, -0.1) is 10.2 Å². The van der Waals surface area contributed by atoms with E-state index in [1.54, 1.807) is 41.5 Å². The molecular weight excluding hydrogens is 436 g/mol. The molecule has 1 unspecified atom stereocenters. The molecule has 33 heavy (non-hydrogen) atoms. The molecular formula is C20H32N6O7. The summed E-state index contributed by atoms with van der Waals surface area (Å²) in [7, 11) is 0. The molecule has 2 fully saturated rings. The van der Waals surface area contributed by atoms with Gasteiger partial charge in [0.15, 0.2) is 0 Å². The van der Waals surface area contributed by atoms with Crippen LogP contribution >= 0.6 is 0 Å². The number of rotatable bonds is 5. The van der Waals surface area contributed by atoms with E-state index in [-0.39, 0.29) is 24.4 Å². The third-order valence-electron chi connectivity index (χ3n) is 4.92. The normalized spacial score (nSPS) is 21.6. The highest BCUT2D eigenvalue weighted by Crippen LogP contribution is 2.37. The van der Waals surface area contributed by atoms with Crippen molar-refractivity contribution in [3.63, 3.8) is 0 Å². The topological polar surface area (TPSA) is 159 Å². The average molecular weight is 469 g/mol. The molecule has 3 atom stereocenters. The molecule has 0 aromatic carbocycles. The van der Waals surface area contributed by atoms with Crippen LogP contribution in [0.25, 0.3) is 0 Å². The maximum atomic E-state index is 12.4. The molecule has 3 rings (SSSR count). The van der Waals surface area contributed by atoms with Gasteiger partial charge in [0.2, 0.25) is 11.8 Å². The Morgan fingerprint density at radius 2 is 1.76 bits per heavy atom. The lowest BCUT2D eigenvalue weighted by molar-refractivity contribution is -0.0584. The Kier molecular flexibility index (Phi) is 6.73. The van der Waals surface area contributed by atoms with Crippen LogP contribution in [0.15, 0.2) is 4.42 Å². The van der Waals surface area contributed by atoms with Gasteiger partial charge in [-0.3, -0.25) is 5.21 Å². The van der Waals surface area contributed by atoms with Gasteiger partial charge in [0.25, 0.3) is 0 Å². The van der Waals surface area contributed by atoms with E-state index in [2.05, 4.69) is 20.8 Å². The molecule has 0 saturated carbocycles. The van der Waals surface area contributed by atoms with Crippen molar-refractivity contribution in [3.05, 3.63) is 11.8 Å². The fourth-order valence-corrected chi connectivity index (χ4v) is 3.58. The highest BCUT2D eigenvalue weighted by atomic mass is 16.6. The van der Waals surface area contributed by atoms with Gasteiger partial charge in [0, 0.05) is 6.54 Å². The van der Waals surface area contributed by atoms with E-state index >= 15 is 0 Å². The molecule has 0 radical (unpaired) electrons. The SMILES string of the molecule is CC(C)(C)OC(=O)NCC(NC(=O)OC(C)(C)C)c1nnc([C@@H]2CC[C@@H]3CN2C(=O)N3O)o1. The lowest BCUT2D eigenvalue weighted by atomic mass is 10.0. The number of urea groups is 1. The number of ether oxygens (including phenoxy) is 2. The molecule has 3 heterocycles. The van der Waals surface area contributed by atoms with Crippen molar-refractivity contribution in [3.8, 4) is 0 Å². The van der Waals surface area contributed by atoms with Crippen LogP contribution in [-0.2, 0) is 9.47 Å². The fourth-order valence-electron chi connectivity index (χ4n) is 3.58. The van der Waals surface area contributed by atoms with Crippen LogP contribution in [0.2, 0.25) is 0 Å². The Balaban J connectivity index is 1.74. The Morgan fingerprint density at radius 3 is 2.39 bits per heavy atom. The van der Waals surface area contributed by atoms with E-state index < -0.39 is 41.5 Å². The number of nitrogens with zero attached hydrogens (tertiary/aromatic N) is 4.